The van der Waals surface area contributed by atoms with Crippen molar-refractivity contribution in [3.05, 3.63) is 28.3 Å². The molecular formula is C16H24ClOZr-. The topological polar surface area (TPSA) is 23.1 Å². The van der Waals surface area contributed by atoms with Crippen molar-refractivity contribution in [1.82, 2.24) is 0 Å². The first-order valence-corrected chi connectivity index (χ1v) is 7.05. The minimum atomic E-state index is -0.173. The molecule has 1 nitrogen and oxygen atoms in total. The minimum absolute atomic E-state index is 0. The zero-order valence-corrected chi connectivity index (χ0v) is 16.1. The van der Waals surface area contributed by atoms with E-state index in [0.717, 1.165) is 24.0 Å². The molecule has 0 saturated heterocycles. The van der Waals surface area contributed by atoms with Gasteiger partial charge in [0.2, 0.25) is 0 Å². The quantitative estimate of drug-likeness (QED) is 0.759. The van der Waals surface area contributed by atoms with E-state index in [9.17, 15) is 5.11 Å². The van der Waals surface area contributed by atoms with Crippen LogP contribution in [0.2, 0.25) is 5.02 Å². The van der Waals surface area contributed by atoms with E-state index in [-0.39, 0.29) is 42.8 Å². The molecular weight excluding hydrogens is 335 g/mol. The fourth-order valence-corrected chi connectivity index (χ4v) is 2.75. The first-order chi connectivity index (χ1) is 8.17. The Labute approximate surface area is 141 Å². The maximum Gasteiger partial charge on any atom is 0.0474 e. The van der Waals surface area contributed by atoms with Crippen molar-refractivity contribution in [2.75, 3.05) is 0 Å². The molecule has 0 heterocycles. The second-order valence-corrected chi connectivity index (χ2v) is 6.65. The molecule has 0 aliphatic rings. The second kappa shape index (κ2) is 6.77. The molecule has 0 radical (unpaired) electrons. The van der Waals surface area contributed by atoms with Gasteiger partial charge in [-0.05, 0) is 34.8 Å². The smallest absolute Gasteiger partial charge is 0.0474 e. The molecule has 0 saturated carbocycles. The number of halogens is 1. The first-order valence-electron chi connectivity index (χ1n) is 6.68. The predicted octanol–water partition coefficient (Wildman–Crippen LogP) is 4.79. The third kappa shape index (κ3) is 3.85. The van der Waals surface area contributed by atoms with Crippen LogP contribution in [-0.2, 0) is 37.0 Å². The van der Waals surface area contributed by atoms with Crippen molar-refractivity contribution in [2.24, 2.45) is 0 Å². The molecule has 0 fully saturated rings. The Bertz CT molecular complexity index is 439. The molecule has 3 heteroatoms. The summed E-state index contributed by atoms with van der Waals surface area (Å²) in [5, 5.41) is 12.8. The van der Waals surface area contributed by atoms with Crippen LogP contribution in [0.5, 0.6) is 5.75 Å². The van der Waals surface area contributed by atoms with Crippen LogP contribution in [0.25, 0.3) is 0 Å². The van der Waals surface area contributed by atoms with Crippen molar-refractivity contribution in [3.63, 3.8) is 0 Å². The van der Waals surface area contributed by atoms with Crippen LogP contribution < -0.4 is 5.11 Å². The molecule has 1 aromatic carbocycles. The number of hydrogen-bond acceptors (Lipinski definition) is 1. The van der Waals surface area contributed by atoms with Crippen molar-refractivity contribution in [3.8, 4) is 5.75 Å². The molecule has 19 heavy (non-hydrogen) atoms. The standard InChI is InChI=1S/C16H25ClO.Zr/c1-7-15(3,4)11-9-10-12(18)13(14(11)17)16(5,6)8-2;/h9-10,18H,7-8H2,1-6H3;/p-1. The molecule has 0 aliphatic carbocycles. The van der Waals surface area contributed by atoms with Crippen molar-refractivity contribution in [1.29, 1.82) is 0 Å². The van der Waals surface area contributed by atoms with Crippen molar-refractivity contribution >= 4 is 11.6 Å². The predicted molar refractivity (Wildman–Crippen MR) is 77.5 cm³/mol. The summed E-state index contributed by atoms with van der Waals surface area (Å²) >= 11 is 6.54. The Morgan fingerprint density at radius 1 is 1.00 bits per heavy atom. The van der Waals surface area contributed by atoms with Crippen LogP contribution in [0.4, 0.5) is 0 Å². The van der Waals surface area contributed by atoms with Gasteiger partial charge in [0.05, 0.1) is 0 Å². The Kier molecular flexibility index (Phi) is 6.83. The van der Waals surface area contributed by atoms with Gasteiger partial charge in [-0.15, -0.1) is 5.75 Å². The van der Waals surface area contributed by atoms with E-state index in [1.54, 1.807) is 6.07 Å². The van der Waals surface area contributed by atoms with Crippen LogP contribution in [0.3, 0.4) is 0 Å². The third-order valence-electron chi connectivity index (χ3n) is 4.28. The summed E-state index contributed by atoms with van der Waals surface area (Å²) in [5.41, 5.74) is 1.69. The molecule has 0 spiro atoms. The summed E-state index contributed by atoms with van der Waals surface area (Å²) in [6, 6.07) is 3.56. The van der Waals surface area contributed by atoms with E-state index >= 15 is 0 Å². The molecule has 106 valence electrons. The Balaban J connectivity index is 0.00000324. The minimum Gasteiger partial charge on any atom is -0.872 e. The van der Waals surface area contributed by atoms with Gasteiger partial charge in [-0.2, -0.15) is 0 Å². The molecule has 0 atom stereocenters. The van der Waals surface area contributed by atoms with Gasteiger partial charge < -0.3 is 5.11 Å². The Hall–Kier alpha value is 0.193. The van der Waals surface area contributed by atoms with Crippen LogP contribution >= 0.6 is 11.6 Å². The van der Waals surface area contributed by atoms with Gasteiger partial charge in [0.1, 0.15) is 0 Å². The molecule has 1 aromatic rings. The monoisotopic (exact) mass is 357 g/mol. The Morgan fingerprint density at radius 3 is 1.89 bits per heavy atom. The van der Waals surface area contributed by atoms with E-state index in [1.807, 2.05) is 6.07 Å². The zero-order valence-electron chi connectivity index (χ0n) is 12.9. The molecule has 0 aromatic heterocycles. The summed E-state index contributed by atoms with van der Waals surface area (Å²) in [6.45, 7) is 12.7. The second-order valence-electron chi connectivity index (χ2n) is 6.28. The molecule has 0 unspecified atom stereocenters. The van der Waals surface area contributed by atoms with Gasteiger partial charge in [-0.3, -0.25) is 0 Å². The van der Waals surface area contributed by atoms with Crippen LogP contribution in [0.15, 0.2) is 12.1 Å². The van der Waals surface area contributed by atoms with Gasteiger partial charge in [-0.1, -0.05) is 65.3 Å². The van der Waals surface area contributed by atoms with Crippen molar-refractivity contribution < 1.29 is 31.3 Å². The summed E-state index contributed by atoms with van der Waals surface area (Å²) in [4.78, 5) is 0. The normalized spacial score (nSPS) is 12.2. The third-order valence-corrected chi connectivity index (χ3v) is 4.67. The van der Waals surface area contributed by atoms with E-state index in [2.05, 4.69) is 41.5 Å². The van der Waals surface area contributed by atoms with Crippen LogP contribution in [0.1, 0.15) is 65.5 Å². The Morgan fingerprint density at radius 2 is 1.47 bits per heavy atom. The average Bonchev–Trinajstić information content (AvgIpc) is 2.28. The zero-order chi connectivity index (χ0) is 14.1. The van der Waals surface area contributed by atoms with Crippen molar-refractivity contribution in [2.45, 2.75) is 65.2 Å². The first kappa shape index (κ1) is 19.2. The number of benzene rings is 1. The van der Waals surface area contributed by atoms with Gasteiger partial charge in [-0.25, -0.2) is 0 Å². The van der Waals surface area contributed by atoms with Gasteiger partial charge in [0, 0.05) is 31.2 Å². The number of rotatable bonds is 4. The summed E-state index contributed by atoms with van der Waals surface area (Å²) < 4.78 is 0. The maximum atomic E-state index is 12.1. The van der Waals surface area contributed by atoms with Gasteiger partial charge in [0.15, 0.2) is 0 Å². The van der Waals surface area contributed by atoms with Crippen LogP contribution in [-0.4, -0.2) is 0 Å². The molecule has 1 rings (SSSR count). The van der Waals surface area contributed by atoms with Gasteiger partial charge in [0.25, 0.3) is 0 Å². The van der Waals surface area contributed by atoms with E-state index in [0.29, 0.717) is 5.02 Å². The SMILES string of the molecule is CCC(C)(C)c1ccc([O-])c(C(C)(C)CC)c1Cl.[Zr]. The summed E-state index contributed by atoms with van der Waals surface area (Å²) in [6.07, 6.45) is 1.90. The average molecular weight is 359 g/mol. The largest absolute Gasteiger partial charge is 0.872 e. The fourth-order valence-electron chi connectivity index (χ4n) is 2.08. The van der Waals surface area contributed by atoms with E-state index in [4.69, 9.17) is 11.6 Å². The number of hydrogen-bond donors (Lipinski definition) is 0. The summed E-state index contributed by atoms with van der Waals surface area (Å²) in [5.74, 6) is 0.0579. The van der Waals surface area contributed by atoms with E-state index in [1.165, 1.54) is 0 Å². The van der Waals surface area contributed by atoms with E-state index < -0.39 is 0 Å². The van der Waals surface area contributed by atoms with Gasteiger partial charge >= 0.3 is 0 Å². The maximum absolute atomic E-state index is 12.1. The molecule has 0 aliphatic heterocycles. The molecule has 0 N–H and O–H groups in total. The summed E-state index contributed by atoms with van der Waals surface area (Å²) in [7, 11) is 0. The molecule has 0 amide bonds. The molecule has 0 bridgehead atoms. The fraction of sp³-hybridized carbons (Fsp3) is 0.625. The van der Waals surface area contributed by atoms with Crippen LogP contribution in [0, 0.1) is 0 Å².